The highest BCUT2D eigenvalue weighted by atomic mass is 16.5. The minimum absolute atomic E-state index is 0.547. The molecular formula is C20H29N3O2. The summed E-state index contributed by atoms with van der Waals surface area (Å²) in [5.74, 6) is 1.69. The second-order valence-corrected chi connectivity index (χ2v) is 5.76. The fraction of sp³-hybridized carbons (Fsp3) is 0.450. The summed E-state index contributed by atoms with van der Waals surface area (Å²) >= 11 is 0. The van der Waals surface area contributed by atoms with Crippen molar-refractivity contribution in [2.75, 3.05) is 26.3 Å². The van der Waals surface area contributed by atoms with Crippen molar-refractivity contribution >= 4 is 5.96 Å². The monoisotopic (exact) mass is 343 g/mol. The third-order valence-electron chi connectivity index (χ3n) is 3.70. The van der Waals surface area contributed by atoms with Crippen molar-refractivity contribution in [2.45, 2.75) is 32.7 Å². The van der Waals surface area contributed by atoms with E-state index in [9.17, 15) is 0 Å². The van der Waals surface area contributed by atoms with Gasteiger partial charge in [0.15, 0.2) is 5.96 Å². The van der Waals surface area contributed by atoms with Gasteiger partial charge >= 0.3 is 0 Å². The number of hydrogen-bond acceptors (Lipinski definition) is 3. The van der Waals surface area contributed by atoms with E-state index in [-0.39, 0.29) is 0 Å². The summed E-state index contributed by atoms with van der Waals surface area (Å²) in [6.45, 7) is 5.91. The van der Waals surface area contributed by atoms with Crippen LogP contribution in [-0.2, 0) is 17.7 Å². The number of nitrogens with one attached hydrogen (secondary N) is 2. The first-order valence-electron chi connectivity index (χ1n) is 9.04. The van der Waals surface area contributed by atoms with Crippen LogP contribution >= 0.6 is 0 Å². The lowest BCUT2D eigenvalue weighted by Gasteiger charge is -2.11. The van der Waals surface area contributed by atoms with Gasteiger partial charge in [-0.25, -0.2) is 4.99 Å². The van der Waals surface area contributed by atoms with Gasteiger partial charge < -0.3 is 19.8 Å². The first kappa shape index (κ1) is 19.1. The Morgan fingerprint density at radius 2 is 1.92 bits per heavy atom. The number of guanidine groups is 1. The molecule has 0 amide bonds. The minimum Gasteiger partial charge on any atom is -0.467 e. The number of rotatable bonds is 11. The second-order valence-electron chi connectivity index (χ2n) is 5.76. The maximum absolute atomic E-state index is 5.70. The minimum atomic E-state index is 0.547. The second kappa shape index (κ2) is 12.1. The first-order valence-corrected chi connectivity index (χ1v) is 9.04. The normalized spacial score (nSPS) is 11.5. The number of aliphatic imine (C=N–C) groups is 1. The van der Waals surface area contributed by atoms with Crippen molar-refractivity contribution in [3.05, 3.63) is 60.1 Å². The SMILES string of the molecule is CCNC(=NCc1ccco1)NCCCCOCCc1ccccc1. The Bertz CT molecular complexity index is 582. The van der Waals surface area contributed by atoms with Gasteiger partial charge in [0, 0.05) is 19.7 Å². The van der Waals surface area contributed by atoms with Gasteiger partial charge in [-0.05, 0) is 43.9 Å². The molecule has 136 valence electrons. The van der Waals surface area contributed by atoms with Crippen molar-refractivity contribution in [3.8, 4) is 0 Å². The molecule has 0 saturated carbocycles. The molecule has 5 nitrogen and oxygen atoms in total. The first-order chi connectivity index (χ1) is 12.4. The molecule has 1 aromatic heterocycles. The van der Waals surface area contributed by atoms with Crippen LogP contribution in [0.5, 0.6) is 0 Å². The third kappa shape index (κ3) is 8.40. The quantitative estimate of drug-likeness (QED) is 0.373. The number of nitrogens with zero attached hydrogens (tertiary/aromatic N) is 1. The Labute approximate surface area is 150 Å². The number of unbranched alkanes of at least 4 members (excludes halogenated alkanes) is 1. The number of ether oxygens (including phenoxy) is 1. The van der Waals surface area contributed by atoms with Gasteiger partial charge in [0.1, 0.15) is 12.3 Å². The van der Waals surface area contributed by atoms with Crippen LogP contribution in [0.4, 0.5) is 0 Å². The molecule has 0 spiro atoms. The van der Waals surface area contributed by atoms with E-state index in [4.69, 9.17) is 9.15 Å². The maximum atomic E-state index is 5.70. The van der Waals surface area contributed by atoms with E-state index in [1.807, 2.05) is 18.2 Å². The molecule has 1 aromatic carbocycles. The Morgan fingerprint density at radius 3 is 2.68 bits per heavy atom. The molecule has 1 heterocycles. The molecule has 0 radical (unpaired) electrons. The zero-order valence-electron chi connectivity index (χ0n) is 15.0. The van der Waals surface area contributed by atoms with Gasteiger partial charge in [-0.15, -0.1) is 0 Å². The molecule has 2 rings (SSSR count). The number of furan rings is 1. The van der Waals surface area contributed by atoms with Crippen LogP contribution in [0.1, 0.15) is 31.1 Å². The summed E-state index contributed by atoms with van der Waals surface area (Å²) in [6.07, 6.45) is 4.74. The van der Waals surface area contributed by atoms with E-state index in [2.05, 4.69) is 46.8 Å². The van der Waals surface area contributed by atoms with Crippen molar-refractivity contribution in [1.82, 2.24) is 10.6 Å². The molecule has 0 saturated heterocycles. The van der Waals surface area contributed by atoms with Crippen LogP contribution in [0, 0.1) is 0 Å². The van der Waals surface area contributed by atoms with Gasteiger partial charge in [-0.3, -0.25) is 0 Å². The van der Waals surface area contributed by atoms with Crippen molar-refractivity contribution in [3.63, 3.8) is 0 Å². The van der Waals surface area contributed by atoms with Crippen LogP contribution in [0.2, 0.25) is 0 Å². The summed E-state index contributed by atoms with van der Waals surface area (Å²) in [5.41, 5.74) is 1.33. The van der Waals surface area contributed by atoms with E-state index in [0.29, 0.717) is 6.54 Å². The Balaban J connectivity index is 1.52. The van der Waals surface area contributed by atoms with Crippen LogP contribution in [0.25, 0.3) is 0 Å². The predicted octanol–water partition coefficient (Wildman–Crippen LogP) is 3.37. The molecule has 0 atom stereocenters. The van der Waals surface area contributed by atoms with Gasteiger partial charge in [-0.1, -0.05) is 30.3 Å². The van der Waals surface area contributed by atoms with E-state index in [0.717, 1.165) is 57.3 Å². The van der Waals surface area contributed by atoms with E-state index in [1.165, 1.54) is 5.56 Å². The fourth-order valence-electron chi connectivity index (χ4n) is 2.37. The number of benzene rings is 1. The topological polar surface area (TPSA) is 58.8 Å². The zero-order chi connectivity index (χ0) is 17.6. The van der Waals surface area contributed by atoms with Gasteiger partial charge in [0.05, 0.1) is 12.9 Å². The highest BCUT2D eigenvalue weighted by Crippen LogP contribution is 2.01. The predicted molar refractivity (Wildman–Crippen MR) is 102 cm³/mol. The lowest BCUT2D eigenvalue weighted by atomic mass is 10.2. The average molecular weight is 343 g/mol. The lowest BCUT2D eigenvalue weighted by molar-refractivity contribution is 0.133. The van der Waals surface area contributed by atoms with Crippen LogP contribution in [0.3, 0.4) is 0 Å². The van der Waals surface area contributed by atoms with E-state index in [1.54, 1.807) is 6.26 Å². The van der Waals surface area contributed by atoms with E-state index >= 15 is 0 Å². The van der Waals surface area contributed by atoms with Crippen LogP contribution in [-0.4, -0.2) is 32.3 Å². The highest BCUT2D eigenvalue weighted by molar-refractivity contribution is 5.79. The molecule has 0 fully saturated rings. The average Bonchev–Trinajstić information content (AvgIpc) is 3.16. The summed E-state index contributed by atoms with van der Waals surface area (Å²) in [5, 5.41) is 6.58. The lowest BCUT2D eigenvalue weighted by Crippen LogP contribution is -2.37. The van der Waals surface area contributed by atoms with Crippen molar-refractivity contribution < 1.29 is 9.15 Å². The van der Waals surface area contributed by atoms with Gasteiger partial charge in [0.2, 0.25) is 0 Å². The standard InChI is InChI=1S/C20H29N3O2/c1-2-21-20(23-17-19-11-8-15-25-19)22-13-6-7-14-24-16-12-18-9-4-3-5-10-18/h3-5,8-11,15H,2,6-7,12-14,16-17H2,1H3,(H2,21,22,23). The molecule has 2 N–H and O–H groups in total. The molecule has 0 aliphatic rings. The summed E-state index contributed by atoms with van der Waals surface area (Å²) in [4.78, 5) is 4.51. The number of hydrogen-bond donors (Lipinski definition) is 2. The molecular weight excluding hydrogens is 314 g/mol. The molecule has 0 aliphatic heterocycles. The molecule has 5 heteroatoms. The Hall–Kier alpha value is -2.27. The fourth-order valence-corrected chi connectivity index (χ4v) is 2.37. The van der Waals surface area contributed by atoms with Gasteiger partial charge in [-0.2, -0.15) is 0 Å². The van der Waals surface area contributed by atoms with Crippen molar-refractivity contribution in [1.29, 1.82) is 0 Å². The third-order valence-corrected chi connectivity index (χ3v) is 3.70. The Morgan fingerprint density at radius 1 is 1.04 bits per heavy atom. The smallest absolute Gasteiger partial charge is 0.191 e. The van der Waals surface area contributed by atoms with Crippen LogP contribution in [0.15, 0.2) is 58.1 Å². The Kier molecular flexibility index (Phi) is 9.26. The molecule has 0 aliphatic carbocycles. The summed E-state index contributed by atoms with van der Waals surface area (Å²) in [7, 11) is 0. The van der Waals surface area contributed by atoms with Crippen LogP contribution < -0.4 is 10.6 Å². The largest absolute Gasteiger partial charge is 0.467 e. The summed E-state index contributed by atoms with van der Waals surface area (Å²) in [6, 6.07) is 14.3. The highest BCUT2D eigenvalue weighted by Gasteiger charge is 1.99. The maximum Gasteiger partial charge on any atom is 0.191 e. The van der Waals surface area contributed by atoms with E-state index < -0.39 is 0 Å². The molecule has 2 aromatic rings. The zero-order valence-corrected chi connectivity index (χ0v) is 15.0. The molecule has 0 bridgehead atoms. The molecule has 25 heavy (non-hydrogen) atoms. The molecule has 0 unspecified atom stereocenters. The van der Waals surface area contributed by atoms with Gasteiger partial charge in [0.25, 0.3) is 0 Å². The summed E-state index contributed by atoms with van der Waals surface area (Å²) < 4.78 is 11.0. The van der Waals surface area contributed by atoms with Crippen molar-refractivity contribution in [2.24, 2.45) is 4.99 Å².